The lowest BCUT2D eigenvalue weighted by atomic mass is 10.1. The predicted octanol–water partition coefficient (Wildman–Crippen LogP) is 4.82. The van der Waals surface area contributed by atoms with Crippen molar-refractivity contribution in [2.24, 2.45) is 0 Å². The molecule has 0 radical (unpaired) electrons. The molecule has 0 saturated carbocycles. The van der Waals surface area contributed by atoms with Crippen molar-refractivity contribution in [2.75, 3.05) is 16.8 Å². The van der Waals surface area contributed by atoms with E-state index in [2.05, 4.69) is 15.3 Å². The molecule has 5 rings (SSSR count). The van der Waals surface area contributed by atoms with Crippen molar-refractivity contribution in [1.82, 2.24) is 9.97 Å². The van der Waals surface area contributed by atoms with Gasteiger partial charge in [0.2, 0.25) is 0 Å². The summed E-state index contributed by atoms with van der Waals surface area (Å²) >= 11 is 0. The Morgan fingerprint density at radius 2 is 1.14 bits per heavy atom. The summed E-state index contributed by atoms with van der Waals surface area (Å²) in [6.07, 6.45) is 3.31. The second kappa shape index (κ2) is 6.28. The third kappa shape index (κ3) is 2.87. The number of ether oxygens (including phenoxy) is 1. The summed E-state index contributed by atoms with van der Waals surface area (Å²) in [7, 11) is 0. The summed E-state index contributed by atoms with van der Waals surface area (Å²) in [5.41, 5.74) is 18.2. The van der Waals surface area contributed by atoms with Crippen LogP contribution in [0, 0.1) is 0 Å². The molecule has 28 heavy (non-hydrogen) atoms. The number of aromatic nitrogens is 2. The average molecular weight is 367 g/mol. The van der Waals surface area contributed by atoms with E-state index in [0.29, 0.717) is 11.4 Å². The molecular formula is C22H17N5O. The smallest absolute Gasteiger partial charge is 0.151 e. The number of nitrogen functional groups attached to an aromatic ring is 2. The van der Waals surface area contributed by atoms with Crippen molar-refractivity contribution < 1.29 is 4.74 Å². The normalized spacial score (nSPS) is 11.7. The molecule has 6 heteroatoms. The first-order valence-corrected chi connectivity index (χ1v) is 8.82. The molecule has 6 nitrogen and oxygen atoms in total. The van der Waals surface area contributed by atoms with Crippen molar-refractivity contribution in [3.8, 4) is 34.0 Å². The third-order valence-electron chi connectivity index (χ3n) is 4.61. The van der Waals surface area contributed by atoms with Gasteiger partial charge in [-0.3, -0.25) is 9.97 Å². The lowest BCUT2D eigenvalue weighted by Gasteiger charge is -2.23. The molecule has 1 aliphatic rings. The Kier molecular flexibility index (Phi) is 3.62. The first kappa shape index (κ1) is 16.1. The van der Waals surface area contributed by atoms with Crippen LogP contribution in [0.4, 0.5) is 22.7 Å². The van der Waals surface area contributed by atoms with Gasteiger partial charge in [-0.15, -0.1) is 0 Å². The highest BCUT2D eigenvalue weighted by molar-refractivity contribution is 5.82. The van der Waals surface area contributed by atoms with Gasteiger partial charge >= 0.3 is 0 Å². The fourth-order valence-electron chi connectivity index (χ4n) is 3.17. The molecule has 0 atom stereocenters. The van der Waals surface area contributed by atoms with Gasteiger partial charge in [0.1, 0.15) is 0 Å². The van der Waals surface area contributed by atoms with Gasteiger partial charge in [-0.05, 0) is 60.7 Å². The predicted molar refractivity (Wildman–Crippen MR) is 112 cm³/mol. The summed E-state index contributed by atoms with van der Waals surface area (Å²) in [6.45, 7) is 0. The van der Waals surface area contributed by atoms with Crippen LogP contribution >= 0.6 is 0 Å². The van der Waals surface area contributed by atoms with Gasteiger partial charge in [-0.1, -0.05) is 0 Å². The van der Waals surface area contributed by atoms with Crippen LogP contribution in [0.25, 0.3) is 22.5 Å². The summed E-state index contributed by atoms with van der Waals surface area (Å²) in [6, 6.07) is 19.4. The number of pyridine rings is 2. The topological polar surface area (TPSA) is 99.1 Å². The maximum Gasteiger partial charge on any atom is 0.151 e. The van der Waals surface area contributed by atoms with E-state index in [-0.39, 0.29) is 0 Å². The minimum Gasteiger partial charge on any atom is -0.453 e. The number of fused-ring (bicyclic) bond motifs is 2. The molecule has 0 fully saturated rings. The zero-order valence-corrected chi connectivity index (χ0v) is 14.9. The summed E-state index contributed by atoms with van der Waals surface area (Å²) in [5.74, 6) is 1.54. The van der Waals surface area contributed by atoms with Crippen molar-refractivity contribution >= 4 is 22.7 Å². The van der Waals surface area contributed by atoms with E-state index >= 15 is 0 Å². The molecule has 0 saturated heterocycles. The van der Waals surface area contributed by atoms with Crippen LogP contribution < -0.4 is 21.5 Å². The number of hydrogen-bond donors (Lipinski definition) is 3. The van der Waals surface area contributed by atoms with E-state index < -0.39 is 0 Å². The van der Waals surface area contributed by atoms with E-state index in [0.717, 1.165) is 45.4 Å². The highest BCUT2D eigenvalue weighted by Gasteiger charge is 2.18. The first-order chi connectivity index (χ1) is 13.7. The Morgan fingerprint density at radius 3 is 1.57 bits per heavy atom. The maximum atomic E-state index is 6.05. The lowest BCUT2D eigenvalue weighted by Crippen LogP contribution is -2.03. The molecule has 3 heterocycles. The minimum atomic E-state index is 0.640. The molecule has 2 aromatic carbocycles. The van der Waals surface area contributed by atoms with Gasteiger partial charge in [0, 0.05) is 11.1 Å². The molecule has 4 aromatic rings. The summed E-state index contributed by atoms with van der Waals surface area (Å²) < 4.78 is 6.05. The second-order valence-corrected chi connectivity index (χ2v) is 6.60. The van der Waals surface area contributed by atoms with Gasteiger partial charge in [0.05, 0.1) is 46.5 Å². The van der Waals surface area contributed by atoms with Crippen molar-refractivity contribution in [2.45, 2.75) is 0 Å². The monoisotopic (exact) mass is 367 g/mol. The molecular weight excluding hydrogens is 350 g/mol. The van der Waals surface area contributed by atoms with Crippen LogP contribution in [0.2, 0.25) is 0 Å². The van der Waals surface area contributed by atoms with Gasteiger partial charge in [0.25, 0.3) is 0 Å². The SMILES string of the molecule is Nc1ccc(-c2ccc3c(c2)Nc2cc(-c4ccc(N)cn4)ccc2O3)nc1. The third-order valence-corrected chi connectivity index (χ3v) is 4.61. The lowest BCUT2D eigenvalue weighted by molar-refractivity contribution is 0.481. The Bertz CT molecular complexity index is 1080. The number of nitrogens with one attached hydrogen (secondary N) is 1. The molecule has 0 spiro atoms. The number of hydrogen-bond acceptors (Lipinski definition) is 6. The first-order valence-electron chi connectivity index (χ1n) is 8.82. The zero-order chi connectivity index (χ0) is 19.1. The number of rotatable bonds is 2. The fraction of sp³-hybridized carbons (Fsp3) is 0. The average Bonchev–Trinajstić information content (AvgIpc) is 2.72. The quantitative estimate of drug-likeness (QED) is 0.413. The molecule has 5 N–H and O–H groups in total. The zero-order valence-electron chi connectivity index (χ0n) is 14.9. The van der Waals surface area contributed by atoms with Crippen LogP contribution in [-0.4, -0.2) is 9.97 Å². The highest BCUT2D eigenvalue weighted by Crippen LogP contribution is 2.44. The largest absolute Gasteiger partial charge is 0.453 e. The second-order valence-electron chi connectivity index (χ2n) is 6.60. The van der Waals surface area contributed by atoms with Crippen molar-refractivity contribution in [3.05, 3.63) is 73.1 Å². The number of benzene rings is 2. The fourth-order valence-corrected chi connectivity index (χ4v) is 3.17. The van der Waals surface area contributed by atoms with Crippen LogP contribution in [0.15, 0.2) is 73.1 Å². The van der Waals surface area contributed by atoms with Crippen LogP contribution in [0.5, 0.6) is 11.5 Å². The standard InChI is InChI=1S/C22H17N5O/c23-15-3-5-17(25-11-15)13-1-7-21-19(9-13)27-20-10-14(2-8-22(20)28-21)18-6-4-16(24)12-26-18/h1-12,27H,23-24H2. The van der Waals surface area contributed by atoms with Crippen LogP contribution in [-0.2, 0) is 0 Å². The van der Waals surface area contributed by atoms with Gasteiger partial charge in [-0.25, -0.2) is 0 Å². The number of nitrogens with two attached hydrogens (primary N) is 2. The van der Waals surface area contributed by atoms with Crippen molar-refractivity contribution in [1.29, 1.82) is 0 Å². The highest BCUT2D eigenvalue weighted by atomic mass is 16.5. The van der Waals surface area contributed by atoms with Gasteiger partial charge in [0.15, 0.2) is 11.5 Å². The molecule has 1 aliphatic heterocycles. The van der Waals surface area contributed by atoms with Crippen molar-refractivity contribution in [3.63, 3.8) is 0 Å². The molecule has 0 amide bonds. The van der Waals surface area contributed by atoms with E-state index in [1.807, 2.05) is 60.7 Å². The minimum absolute atomic E-state index is 0.640. The molecule has 136 valence electrons. The maximum absolute atomic E-state index is 6.05. The van der Waals surface area contributed by atoms with Crippen LogP contribution in [0.1, 0.15) is 0 Å². The van der Waals surface area contributed by atoms with Gasteiger partial charge in [-0.2, -0.15) is 0 Å². The van der Waals surface area contributed by atoms with Gasteiger partial charge < -0.3 is 21.5 Å². The van der Waals surface area contributed by atoms with Crippen LogP contribution in [0.3, 0.4) is 0 Å². The Hall–Kier alpha value is -4.06. The summed E-state index contributed by atoms with van der Waals surface area (Å²) in [5, 5.41) is 3.45. The van der Waals surface area contributed by atoms with E-state index in [1.165, 1.54) is 0 Å². The Labute approximate surface area is 161 Å². The Balaban J connectivity index is 1.49. The van der Waals surface area contributed by atoms with E-state index in [9.17, 15) is 0 Å². The molecule has 0 unspecified atom stereocenters. The number of nitrogens with zero attached hydrogens (tertiary/aromatic N) is 2. The van der Waals surface area contributed by atoms with E-state index in [1.54, 1.807) is 12.4 Å². The Morgan fingerprint density at radius 1 is 0.643 bits per heavy atom. The molecule has 0 aliphatic carbocycles. The summed E-state index contributed by atoms with van der Waals surface area (Å²) in [4.78, 5) is 8.78. The molecule has 0 bridgehead atoms. The van der Waals surface area contributed by atoms with E-state index in [4.69, 9.17) is 16.2 Å². The number of anilines is 4. The molecule has 2 aromatic heterocycles.